The van der Waals surface area contributed by atoms with Gasteiger partial charge in [-0.1, -0.05) is 18.2 Å². The first kappa shape index (κ1) is 17.4. The number of aromatic nitrogens is 1. The van der Waals surface area contributed by atoms with Gasteiger partial charge in [-0.3, -0.25) is 9.78 Å². The Morgan fingerprint density at radius 2 is 1.88 bits per heavy atom. The molecule has 0 radical (unpaired) electrons. The van der Waals surface area contributed by atoms with Crippen molar-refractivity contribution in [2.24, 2.45) is 0 Å². The van der Waals surface area contributed by atoms with E-state index in [2.05, 4.69) is 15.6 Å². The number of nitrogens with zero attached hydrogens (tertiary/aromatic N) is 1. The second-order valence-electron chi connectivity index (χ2n) is 5.45. The quantitative estimate of drug-likeness (QED) is 0.680. The number of para-hydroxylation sites is 2. The van der Waals surface area contributed by atoms with Crippen LogP contribution in [0.25, 0.3) is 0 Å². The predicted octanol–water partition coefficient (Wildman–Crippen LogP) is 4.62. The van der Waals surface area contributed by atoms with Crippen molar-refractivity contribution in [2.45, 2.75) is 6.92 Å². The molecule has 0 atom stereocenters. The zero-order valence-electron chi connectivity index (χ0n) is 14.2. The first-order valence-electron chi connectivity index (χ1n) is 8.17. The van der Waals surface area contributed by atoms with Crippen molar-refractivity contribution in [3.8, 4) is 5.75 Å². The molecule has 3 rings (SSSR count). The number of amides is 1. The smallest absolute Gasteiger partial charge is 0.274 e. The molecule has 6 heteroatoms. The van der Waals surface area contributed by atoms with E-state index in [1.54, 1.807) is 36.4 Å². The third kappa shape index (κ3) is 4.36. The van der Waals surface area contributed by atoms with Gasteiger partial charge >= 0.3 is 0 Å². The summed E-state index contributed by atoms with van der Waals surface area (Å²) in [4.78, 5) is 16.6. The number of hydrogen-bond acceptors (Lipinski definition) is 4. The highest BCUT2D eigenvalue weighted by Gasteiger charge is 2.11. The number of carbonyl (C=O) groups is 1. The largest absolute Gasteiger partial charge is 0.492 e. The fraction of sp³-hybridized carbons (Fsp3) is 0.100. The number of ether oxygens (including phenoxy) is 1. The Bertz CT molecular complexity index is 915. The van der Waals surface area contributed by atoms with Crippen molar-refractivity contribution in [1.29, 1.82) is 0 Å². The summed E-state index contributed by atoms with van der Waals surface area (Å²) in [6.45, 7) is 2.37. The van der Waals surface area contributed by atoms with Crippen LogP contribution >= 0.6 is 0 Å². The number of pyridine rings is 1. The minimum absolute atomic E-state index is 0.234. The van der Waals surface area contributed by atoms with Crippen LogP contribution in [0.4, 0.5) is 21.5 Å². The maximum Gasteiger partial charge on any atom is 0.274 e. The van der Waals surface area contributed by atoms with Gasteiger partial charge in [0, 0.05) is 17.6 Å². The Labute approximate surface area is 150 Å². The van der Waals surface area contributed by atoms with E-state index in [0.717, 1.165) is 0 Å². The number of hydrogen-bond donors (Lipinski definition) is 2. The van der Waals surface area contributed by atoms with Crippen molar-refractivity contribution >= 4 is 23.0 Å². The molecule has 1 heterocycles. The van der Waals surface area contributed by atoms with Crippen LogP contribution in [0.5, 0.6) is 5.75 Å². The molecule has 0 spiro atoms. The van der Waals surface area contributed by atoms with Gasteiger partial charge in [0.2, 0.25) is 0 Å². The summed E-state index contributed by atoms with van der Waals surface area (Å²) in [5, 5.41) is 5.85. The van der Waals surface area contributed by atoms with E-state index >= 15 is 0 Å². The Kier molecular flexibility index (Phi) is 5.43. The van der Waals surface area contributed by atoms with Gasteiger partial charge in [0.1, 0.15) is 17.3 Å². The highest BCUT2D eigenvalue weighted by atomic mass is 19.1. The number of nitrogens with one attached hydrogen (secondary N) is 2. The second-order valence-corrected chi connectivity index (χ2v) is 5.45. The van der Waals surface area contributed by atoms with Crippen LogP contribution in [-0.2, 0) is 0 Å². The van der Waals surface area contributed by atoms with Gasteiger partial charge < -0.3 is 15.4 Å². The van der Waals surface area contributed by atoms with E-state index < -0.39 is 0 Å². The molecule has 2 aromatic carbocycles. The van der Waals surface area contributed by atoms with Crippen molar-refractivity contribution in [2.75, 3.05) is 17.2 Å². The molecule has 26 heavy (non-hydrogen) atoms. The summed E-state index contributed by atoms with van der Waals surface area (Å²) in [7, 11) is 0. The van der Waals surface area contributed by atoms with Crippen LogP contribution in [0.3, 0.4) is 0 Å². The van der Waals surface area contributed by atoms with Crippen LogP contribution in [0.15, 0.2) is 66.9 Å². The average Bonchev–Trinajstić information content (AvgIpc) is 2.64. The maximum atomic E-state index is 13.3. The lowest BCUT2D eigenvalue weighted by atomic mass is 10.2. The molecule has 5 nitrogen and oxygen atoms in total. The Balaban J connectivity index is 1.76. The van der Waals surface area contributed by atoms with Gasteiger partial charge in [-0.2, -0.15) is 0 Å². The Morgan fingerprint density at radius 1 is 1.08 bits per heavy atom. The van der Waals surface area contributed by atoms with Gasteiger partial charge in [0.05, 0.1) is 12.3 Å². The first-order valence-corrected chi connectivity index (χ1v) is 8.17. The molecule has 0 aliphatic heterocycles. The highest BCUT2D eigenvalue weighted by molar-refractivity contribution is 6.04. The van der Waals surface area contributed by atoms with Gasteiger partial charge in [0.25, 0.3) is 5.91 Å². The Hall–Kier alpha value is -3.41. The van der Waals surface area contributed by atoms with Crippen LogP contribution in [0.2, 0.25) is 0 Å². The normalized spacial score (nSPS) is 10.2. The molecule has 0 saturated heterocycles. The number of benzene rings is 2. The lowest BCUT2D eigenvalue weighted by molar-refractivity contribution is 0.102. The summed E-state index contributed by atoms with van der Waals surface area (Å²) in [5.41, 5.74) is 2.03. The average molecular weight is 351 g/mol. The highest BCUT2D eigenvalue weighted by Crippen LogP contribution is 2.24. The number of halogens is 1. The number of carbonyl (C=O) groups excluding carboxylic acids is 1. The molecule has 2 N–H and O–H groups in total. The molecule has 1 aromatic heterocycles. The van der Waals surface area contributed by atoms with Crippen LogP contribution < -0.4 is 15.4 Å². The molecule has 0 saturated carbocycles. The minimum atomic E-state index is -0.361. The number of anilines is 3. The van der Waals surface area contributed by atoms with Gasteiger partial charge in [-0.15, -0.1) is 0 Å². The van der Waals surface area contributed by atoms with Crippen molar-refractivity contribution in [1.82, 2.24) is 4.98 Å². The van der Waals surface area contributed by atoms with Gasteiger partial charge in [-0.05, 0) is 49.4 Å². The van der Waals surface area contributed by atoms with Gasteiger partial charge in [-0.25, -0.2) is 4.39 Å². The third-order valence-electron chi connectivity index (χ3n) is 3.54. The second kappa shape index (κ2) is 8.11. The topological polar surface area (TPSA) is 63.2 Å². The molecule has 0 unspecified atom stereocenters. The summed E-state index contributed by atoms with van der Waals surface area (Å²) in [6.07, 6.45) is 1.52. The van der Waals surface area contributed by atoms with Crippen LogP contribution in [0, 0.1) is 5.82 Å². The summed E-state index contributed by atoms with van der Waals surface area (Å²) < 4.78 is 18.8. The summed E-state index contributed by atoms with van der Waals surface area (Å²) in [6, 6.07) is 16.6. The first-order chi connectivity index (χ1) is 12.7. The maximum absolute atomic E-state index is 13.3. The molecular weight excluding hydrogens is 333 g/mol. The van der Waals surface area contributed by atoms with E-state index in [1.807, 2.05) is 19.1 Å². The lowest BCUT2D eigenvalue weighted by Gasteiger charge is -2.12. The van der Waals surface area contributed by atoms with E-state index in [4.69, 9.17) is 4.74 Å². The SMILES string of the molecule is CCOc1ccccc1NC(=O)c1cc(Nc2cccc(F)c2)ccn1. The molecule has 1 amide bonds. The molecule has 0 bridgehead atoms. The monoisotopic (exact) mass is 351 g/mol. The molecule has 3 aromatic rings. The van der Waals surface area contributed by atoms with E-state index in [-0.39, 0.29) is 17.4 Å². The molecule has 0 aliphatic rings. The third-order valence-corrected chi connectivity index (χ3v) is 3.54. The van der Waals surface area contributed by atoms with Crippen LogP contribution in [-0.4, -0.2) is 17.5 Å². The molecule has 0 fully saturated rings. The van der Waals surface area contributed by atoms with E-state index in [0.29, 0.717) is 29.4 Å². The molecule has 0 aliphatic carbocycles. The molecular formula is C20H18FN3O2. The van der Waals surface area contributed by atoms with Gasteiger partial charge in [0.15, 0.2) is 0 Å². The Morgan fingerprint density at radius 3 is 2.69 bits per heavy atom. The fourth-order valence-electron chi connectivity index (χ4n) is 2.40. The van der Waals surface area contributed by atoms with Crippen molar-refractivity contribution in [3.63, 3.8) is 0 Å². The van der Waals surface area contributed by atoms with E-state index in [9.17, 15) is 9.18 Å². The summed E-state index contributed by atoms with van der Waals surface area (Å²) >= 11 is 0. The zero-order chi connectivity index (χ0) is 18.4. The predicted molar refractivity (Wildman–Crippen MR) is 99.5 cm³/mol. The lowest BCUT2D eigenvalue weighted by Crippen LogP contribution is -2.14. The zero-order valence-corrected chi connectivity index (χ0v) is 14.2. The molecule has 132 valence electrons. The minimum Gasteiger partial charge on any atom is -0.492 e. The fourth-order valence-corrected chi connectivity index (χ4v) is 2.40. The van der Waals surface area contributed by atoms with E-state index in [1.165, 1.54) is 18.3 Å². The van der Waals surface area contributed by atoms with Crippen molar-refractivity contribution < 1.29 is 13.9 Å². The standard InChI is InChI=1S/C20H18FN3O2/c1-2-26-19-9-4-3-8-17(19)24-20(25)18-13-16(10-11-22-18)23-15-7-5-6-14(21)12-15/h3-13H,2H2,1H3,(H,22,23)(H,24,25). The number of rotatable bonds is 6. The summed E-state index contributed by atoms with van der Waals surface area (Å²) in [5.74, 6) is -0.105. The van der Waals surface area contributed by atoms with Crippen molar-refractivity contribution in [3.05, 3.63) is 78.4 Å². The van der Waals surface area contributed by atoms with Crippen LogP contribution in [0.1, 0.15) is 17.4 Å².